The molecule has 0 unspecified atom stereocenters. The molecule has 0 saturated carbocycles. The number of nitrogens with two attached hydrogens (primary N) is 2. The van der Waals surface area contributed by atoms with Crippen LogP contribution in [0.15, 0.2) is 42.5 Å². The molecule has 0 aromatic heterocycles. The second kappa shape index (κ2) is 12.1. The van der Waals surface area contributed by atoms with Crippen molar-refractivity contribution in [2.75, 3.05) is 37.7 Å². The monoisotopic (exact) mass is 385 g/mol. The third kappa shape index (κ3) is 7.69. The van der Waals surface area contributed by atoms with Crippen molar-refractivity contribution in [3.8, 4) is 17.2 Å². The van der Waals surface area contributed by atoms with Crippen LogP contribution in [0.3, 0.4) is 0 Å². The average Bonchev–Trinajstić information content (AvgIpc) is 2.70. The summed E-state index contributed by atoms with van der Waals surface area (Å²) in [5, 5.41) is 0. The summed E-state index contributed by atoms with van der Waals surface area (Å²) in [6.07, 6.45) is 6.03. The molecule has 0 heterocycles. The molecule has 0 radical (unpaired) electrons. The third-order valence-corrected chi connectivity index (χ3v) is 4.64. The molecule has 0 spiro atoms. The fourth-order valence-corrected chi connectivity index (χ4v) is 2.96. The average molecular weight is 386 g/mol. The van der Waals surface area contributed by atoms with Gasteiger partial charge in [-0.25, -0.2) is 0 Å². The van der Waals surface area contributed by atoms with Crippen LogP contribution in [0.4, 0.5) is 11.4 Å². The van der Waals surface area contributed by atoms with E-state index in [2.05, 4.69) is 18.7 Å². The fraction of sp³-hybridized carbons (Fsp3) is 0.478. The van der Waals surface area contributed by atoms with Crippen LogP contribution in [-0.4, -0.2) is 31.1 Å². The van der Waals surface area contributed by atoms with Crippen molar-refractivity contribution in [1.29, 1.82) is 0 Å². The Morgan fingerprint density at radius 3 is 2.07 bits per heavy atom. The first-order valence-electron chi connectivity index (χ1n) is 10.4. The van der Waals surface area contributed by atoms with Gasteiger partial charge in [-0.05, 0) is 56.6 Å². The summed E-state index contributed by atoms with van der Waals surface area (Å²) >= 11 is 0. The number of anilines is 2. The van der Waals surface area contributed by atoms with Gasteiger partial charge < -0.3 is 25.8 Å². The quantitative estimate of drug-likeness (QED) is 0.361. The van der Waals surface area contributed by atoms with E-state index >= 15 is 0 Å². The summed E-state index contributed by atoms with van der Waals surface area (Å²) in [7, 11) is 0. The van der Waals surface area contributed by atoms with Crippen molar-refractivity contribution < 1.29 is 9.47 Å². The molecule has 0 fully saturated rings. The molecule has 0 aliphatic heterocycles. The lowest BCUT2D eigenvalue weighted by molar-refractivity contribution is 0.229. The van der Waals surface area contributed by atoms with E-state index in [1.807, 2.05) is 24.3 Å². The predicted molar refractivity (Wildman–Crippen MR) is 118 cm³/mol. The minimum Gasteiger partial charge on any atom is -0.493 e. The minimum absolute atomic E-state index is 0.514. The number of benzene rings is 2. The highest BCUT2D eigenvalue weighted by molar-refractivity contribution is 5.65. The van der Waals surface area contributed by atoms with Gasteiger partial charge in [0, 0.05) is 18.7 Å². The Morgan fingerprint density at radius 2 is 1.39 bits per heavy atom. The lowest BCUT2D eigenvalue weighted by Crippen LogP contribution is -2.28. The normalized spacial score (nSPS) is 11.0. The topological polar surface area (TPSA) is 73.7 Å². The summed E-state index contributed by atoms with van der Waals surface area (Å²) < 4.78 is 11.8. The van der Waals surface area contributed by atoms with Crippen LogP contribution < -0.4 is 20.9 Å². The molecule has 4 N–H and O–H groups in total. The lowest BCUT2D eigenvalue weighted by Gasteiger charge is -2.21. The zero-order valence-electron chi connectivity index (χ0n) is 17.3. The maximum Gasteiger partial charge on any atom is 0.131 e. The minimum atomic E-state index is 0.514. The Kier molecular flexibility index (Phi) is 9.49. The molecule has 0 atom stereocenters. The maximum absolute atomic E-state index is 5.94. The van der Waals surface area contributed by atoms with Crippen LogP contribution in [0.1, 0.15) is 46.0 Å². The first kappa shape index (κ1) is 21.9. The van der Waals surface area contributed by atoms with E-state index in [9.17, 15) is 0 Å². The number of hydrogen-bond acceptors (Lipinski definition) is 5. The molecule has 0 aliphatic rings. The standard InChI is InChI=1S/C23H35N3O2/c1-3-5-13-26(14-6-4-2)15-8-16-27-19-9-7-10-20(17-19)28-21-11-12-22(24)23(25)18-21/h7,9-12,17-18H,3-6,8,13-16,24-25H2,1-2H3. The van der Waals surface area contributed by atoms with Crippen molar-refractivity contribution in [2.45, 2.75) is 46.0 Å². The molecule has 5 nitrogen and oxygen atoms in total. The molecule has 0 saturated heterocycles. The second-order valence-corrected chi connectivity index (χ2v) is 7.12. The highest BCUT2D eigenvalue weighted by Gasteiger charge is 2.05. The van der Waals surface area contributed by atoms with Gasteiger partial charge in [-0.2, -0.15) is 0 Å². The van der Waals surface area contributed by atoms with E-state index in [1.165, 1.54) is 38.8 Å². The molecule has 2 aromatic rings. The summed E-state index contributed by atoms with van der Waals surface area (Å²) in [5.74, 6) is 2.19. The molecule has 2 rings (SSSR count). The van der Waals surface area contributed by atoms with Crippen LogP contribution in [0.5, 0.6) is 17.2 Å². The number of hydrogen-bond donors (Lipinski definition) is 2. The van der Waals surface area contributed by atoms with E-state index in [0.717, 1.165) is 18.7 Å². The van der Waals surface area contributed by atoms with E-state index in [-0.39, 0.29) is 0 Å². The van der Waals surface area contributed by atoms with Crippen LogP contribution in [0.2, 0.25) is 0 Å². The Labute approximate surface area is 169 Å². The van der Waals surface area contributed by atoms with Gasteiger partial charge in [-0.1, -0.05) is 32.8 Å². The van der Waals surface area contributed by atoms with Gasteiger partial charge >= 0.3 is 0 Å². The van der Waals surface area contributed by atoms with Crippen molar-refractivity contribution in [1.82, 2.24) is 4.90 Å². The molecule has 28 heavy (non-hydrogen) atoms. The number of nitrogens with zero attached hydrogens (tertiary/aromatic N) is 1. The van der Waals surface area contributed by atoms with Crippen LogP contribution >= 0.6 is 0 Å². The van der Waals surface area contributed by atoms with Crippen molar-refractivity contribution >= 4 is 11.4 Å². The summed E-state index contributed by atoms with van der Waals surface area (Å²) in [6.45, 7) is 8.65. The summed E-state index contributed by atoms with van der Waals surface area (Å²) in [4.78, 5) is 2.56. The zero-order chi connectivity index (χ0) is 20.2. The largest absolute Gasteiger partial charge is 0.493 e. The molecule has 0 bridgehead atoms. The van der Waals surface area contributed by atoms with Gasteiger partial charge in [-0.3, -0.25) is 0 Å². The highest BCUT2D eigenvalue weighted by atomic mass is 16.5. The first-order valence-corrected chi connectivity index (χ1v) is 10.4. The number of nitrogen functional groups attached to an aromatic ring is 2. The van der Waals surface area contributed by atoms with Crippen LogP contribution in [0, 0.1) is 0 Å². The van der Waals surface area contributed by atoms with E-state index in [4.69, 9.17) is 20.9 Å². The molecular weight excluding hydrogens is 350 g/mol. The van der Waals surface area contributed by atoms with Gasteiger partial charge in [0.2, 0.25) is 0 Å². The zero-order valence-corrected chi connectivity index (χ0v) is 17.3. The van der Waals surface area contributed by atoms with Gasteiger partial charge in [0.15, 0.2) is 0 Å². The Balaban J connectivity index is 1.80. The molecule has 2 aromatic carbocycles. The van der Waals surface area contributed by atoms with Crippen LogP contribution in [-0.2, 0) is 0 Å². The van der Waals surface area contributed by atoms with Crippen molar-refractivity contribution in [2.24, 2.45) is 0 Å². The number of unbranched alkanes of at least 4 members (excludes halogenated alkanes) is 2. The molecule has 154 valence electrons. The smallest absolute Gasteiger partial charge is 0.131 e. The van der Waals surface area contributed by atoms with E-state index in [0.29, 0.717) is 29.5 Å². The van der Waals surface area contributed by atoms with Crippen LogP contribution in [0.25, 0.3) is 0 Å². The summed E-state index contributed by atoms with van der Waals surface area (Å²) in [5.41, 5.74) is 12.6. The van der Waals surface area contributed by atoms with Crippen molar-refractivity contribution in [3.05, 3.63) is 42.5 Å². The van der Waals surface area contributed by atoms with Crippen molar-refractivity contribution in [3.63, 3.8) is 0 Å². The summed E-state index contributed by atoms with van der Waals surface area (Å²) in [6, 6.07) is 13.0. The molecule has 0 amide bonds. The van der Waals surface area contributed by atoms with E-state index in [1.54, 1.807) is 18.2 Å². The molecule has 0 aliphatic carbocycles. The lowest BCUT2D eigenvalue weighted by atomic mass is 10.2. The number of ether oxygens (including phenoxy) is 2. The maximum atomic E-state index is 5.94. The fourth-order valence-electron chi connectivity index (χ4n) is 2.96. The molecular formula is C23H35N3O2. The van der Waals surface area contributed by atoms with Gasteiger partial charge in [-0.15, -0.1) is 0 Å². The van der Waals surface area contributed by atoms with Gasteiger partial charge in [0.1, 0.15) is 17.2 Å². The number of rotatable bonds is 13. The first-order chi connectivity index (χ1) is 13.6. The molecule has 5 heteroatoms. The Morgan fingerprint density at radius 1 is 0.750 bits per heavy atom. The van der Waals surface area contributed by atoms with Gasteiger partial charge in [0.25, 0.3) is 0 Å². The SMILES string of the molecule is CCCCN(CCCC)CCCOc1cccc(Oc2ccc(N)c(N)c2)c1. The predicted octanol–water partition coefficient (Wildman–Crippen LogP) is 5.31. The highest BCUT2D eigenvalue weighted by Crippen LogP contribution is 2.28. The van der Waals surface area contributed by atoms with Gasteiger partial charge in [0.05, 0.1) is 18.0 Å². The Hall–Kier alpha value is -2.40. The second-order valence-electron chi connectivity index (χ2n) is 7.12. The Bertz CT molecular complexity index is 698. The third-order valence-electron chi connectivity index (χ3n) is 4.64. The van der Waals surface area contributed by atoms with E-state index < -0.39 is 0 Å².